The Morgan fingerprint density at radius 2 is 2.15 bits per heavy atom. The maximum absolute atomic E-state index is 12.1. The van der Waals surface area contributed by atoms with Gasteiger partial charge in [0, 0.05) is 6.54 Å². The molecular weight excluding hydrogens is 258 g/mol. The van der Waals surface area contributed by atoms with Crippen molar-refractivity contribution in [1.29, 1.82) is 5.26 Å². The molecule has 0 unspecified atom stereocenters. The highest BCUT2D eigenvalue weighted by molar-refractivity contribution is 5.81. The number of nitrogens with one attached hydrogen (secondary N) is 1. The lowest BCUT2D eigenvalue weighted by Gasteiger charge is -2.26. The first-order chi connectivity index (χ1) is 9.33. The summed E-state index contributed by atoms with van der Waals surface area (Å²) in [6.07, 6.45) is 1.90. The molecule has 1 N–H and O–H groups in total. The number of amides is 1. The highest BCUT2D eigenvalue weighted by Crippen LogP contribution is 2.20. The molecule has 1 atom stereocenters. The van der Waals surface area contributed by atoms with Crippen LogP contribution in [0, 0.1) is 11.3 Å². The van der Waals surface area contributed by atoms with Gasteiger partial charge in [-0.1, -0.05) is 0 Å². The van der Waals surface area contributed by atoms with Crippen LogP contribution in [0.4, 0.5) is 0 Å². The van der Waals surface area contributed by atoms with E-state index in [9.17, 15) is 9.59 Å². The number of rotatable bonds is 5. The molecule has 1 aliphatic heterocycles. The monoisotopic (exact) mass is 281 g/mol. The Balaban J connectivity index is 2.47. The number of ether oxygens (including phenoxy) is 1. The van der Waals surface area contributed by atoms with E-state index >= 15 is 0 Å². The van der Waals surface area contributed by atoms with Crippen LogP contribution in [-0.2, 0) is 14.3 Å². The van der Waals surface area contributed by atoms with Crippen molar-refractivity contribution < 1.29 is 14.3 Å². The molecule has 1 saturated heterocycles. The van der Waals surface area contributed by atoms with Gasteiger partial charge in [-0.05, 0) is 40.2 Å². The Morgan fingerprint density at radius 3 is 2.75 bits per heavy atom. The summed E-state index contributed by atoms with van der Waals surface area (Å²) < 4.78 is 5.38. The molecule has 0 radical (unpaired) electrons. The Morgan fingerprint density at radius 1 is 1.45 bits per heavy atom. The number of hydrogen-bond acceptors (Lipinski definition) is 5. The first kappa shape index (κ1) is 16.4. The first-order valence-corrected chi connectivity index (χ1v) is 6.94. The fraction of sp³-hybridized carbons (Fsp3) is 0.786. The summed E-state index contributed by atoms with van der Waals surface area (Å²) in [4.78, 5) is 25.6. The van der Waals surface area contributed by atoms with Gasteiger partial charge >= 0.3 is 5.97 Å². The smallest absolute Gasteiger partial charge is 0.323 e. The van der Waals surface area contributed by atoms with Crippen LogP contribution in [0.3, 0.4) is 0 Å². The van der Waals surface area contributed by atoms with Crippen molar-refractivity contribution in [3.63, 3.8) is 0 Å². The maximum atomic E-state index is 12.1. The lowest BCUT2D eigenvalue weighted by atomic mass is 10.1. The van der Waals surface area contributed by atoms with Gasteiger partial charge in [0.25, 0.3) is 0 Å². The largest absolute Gasteiger partial charge is 0.459 e. The van der Waals surface area contributed by atoms with Crippen molar-refractivity contribution in [3.05, 3.63) is 0 Å². The van der Waals surface area contributed by atoms with Crippen LogP contribution in [-0.4, -0.2) is 48.1 Å². The van der Waals surface area contributed by atoms with Crippen molar-refractivity contribution in [2.75, 3.05) is 19.6 Å². The molecule has 0 spiro atoms. The highest BCUT2D eigenvalue weighted by Gasteiger charge is 2.34. The van der Waals surface area contributed by atoms with Crippen molar-refractivity contribution in [1.82, 2.24) is 10.2 Å². The molecule has 1 amide bonds. The third kappa shape index (κ3) is 5.57. The molecule has 6 heteroatoms. The summed E-state index contributed by atoms with van der Waals surface area (Å²) in [7, 11) is 0. The zero-order chi connectivity index (χ0) is 15.2. The summed E-state index contributed by atoms with van der Waals surface area (Å²) in [6, 6.07) is 1.63. The molecule has 0 aromatic rings. The molecule has 1 aliphatic rings. The molecule has 1 heterocycles. The van der Waals surface area contributed by atoms with Crippen molar-refractivity contribution in [2.24, 2.45) is 0 Å². The number of nitriles is 1. The van der Waals surface area contributed by atoms with Gasteiger partial charge in [-0.25, -0.2) is 0 Å². The standard InChI is InChI=1S/C14H23N3O3/c1-14(2,3)20-13(19)11-6-4-9-17(11)10-12(18)16-8-5-7-15/h11H,4-6,8-10H2,1-3H3,(H,16,18)/t11-/m0/s1. The van der Waals surface area contributed by atoms with Gasteiger partial charge in [0.05, 0.1) is 19.0 Å². The molecule has 0 saturated carbocycles. The van der Waals surface area contributed by atoms with E-state index < -0.39 is 5.60 Å². The van der Waals surface area contributed by atoms with Crippen LogP contribution in [0.1, 0.15) is 40.0 Å². The van der Waals surface area contributed by atoms with Crippen LogP contribution in [0.2, 0.25) is 0 Å². The topological polar surface area (TPSA) is 82.4 Å². The number of carbonyl (C=O) groups is 2. The molecule has 0 aliphatic carbocycles. The minimum Gasteiger partial charge on any atom is -0.459 e. The van der Waals surface area contributed by atoms with Crippen LogP contribution in [0.5, 0.6) is 0 Å². The predicted molar refractivity (Wildman–Crippen MR) is 73.7 cm³/mol. The number of nitrogens with zero attached hydrogens (tertiary/aromatic N) is 2. The van der Waals surface area contributed by atoms with Crippen molar-refractivity contribution >= 4 is 11.9 Å². The minimum absolute atomic E-state index is 0.157. The quantitative estimate of drug-likeness (QED) is 0.596. The van der Waals surface area contributed by atoms with E-state index in [2.05, 4.69) is 5.32 Å². The predicted octanol–water partition coefficient (Wildman–Crippen LogP) is 0.822. The second-order valence-corrected chi connectivity index (χ2v) is 5.92. The van der Waals surface area contributed by atoms with E-state index in [1.807, 2.05) is 31.7 Å². The van der Waals surface area contributed by atoms with E-state index in [0.717, 1.165) is 19.4 Å². The Labute approximate surface area is 120 Å². The normalized spacial score (nSPS) is 19.4. The third-order valence-electron chi connectivity index (χ3n) is 2.95. The summed E-state index contributed by atoms with van der Waals surface area (Å²) in [5.74, 6) is -0.421. The Kier molecular flexibility index (Phi) is 5.96. The van der Waals surface area contributed by atoms with Crippen LogP contribution >= 0.6 is 0 Å². The second kappa shape index (κ2) is 7.25. The van der Waals surface area contributed by atoms with E-state index in [0.29, 0.717) is 13.0 Å². The molecule has 1 fully saturated rings. The van der Waals surface area contributed by atoms with Gasteiger partial charge in [-0.3, -0.25) is 14.5 Å². The van der Waals surface area contributed by atoms with E-state index in [1.165, 1.54) is 0 Å². The minimum atomic E-state index is -0.513. The van der Waals surface area contributed by atoms with Crippen LogP contribution in [0.25, 0.3) is 0 Å². The van der Waals surface area contributed by atoms with Gasteiger partial charge in [0.15, 0.2) is 0 Å². The summed E-state index contributed by atoms with van der Waals surface area (Å²) >= 11 is 0. The Hall–Kier alpha value is -1.61. The summed E-state index contributed by atoms with van der Waals surface area (Å²) in [5, 5.41) is 11.1. The number of esters is 1. The van der Waals surface area contributed by atoms with Crippen molar-refractivity contribution in [2.45, 2.75) is 51.7 Å². The van der Waals surface area contributed by atoms with E-state index in [-0.39, 0.29) is 24.5 Å². The Bertz CT molecular complexity index is 395. The van der Waals surface area contributed by atoms with E-state index in [4.69, 9.17) is 10.00 Å². The molecule has 0 aromatic carbocycles. The van der Waals surface area contributed by atoms with E-state index in [1.54, 1.807) is 0 Å². The van der Waals surface area contributed by atoms with Gasteiger partial charge in [0.2, 0.25) is 5.91 Å². The fourth-order valence-corrected chi connectivity index (χ4v) is 2.15. The SMILES string of the molecule is CC(C)(C)OC(=O)[C@@H]1CCCN1CC(=O)NCCC#N. The van der Waals surface area contributed by atoms with Crippen molar-refractivity contribution in [3.8, 4) is 6.07 Å². The molecule has 6 nitrogen and oxygen atoms in total. The van der Waals surface area contributed by atoms with Gasteiger partial charge < -0.3 is 10.1 Å². The average molecular weight is 281 g/mol. The van der Waals surface area contributed by atoms with Crippen LogP contribution < -0.4 is 5.32 Å². The number of hydrogen-bond donors (Lipinski definition) is 1. The number of carbonyl (C=O) groups excluding carboxylic acids is 2. The fourth-order valence-electron chi connectivity index (χ4n) is 2.15. The second-order valence-electron chi connectivity index (χ2n) is 5.92. The lowest BCUT2D eigenvalue weighted by molar-refractivity contribution is -0.160. The molecule has 112 valence electrons. The van der Waals surface area contributed by atoms with Crippen LogP contribution in [0.15, 0.2) is 0 Å². The molecule has 0 aromatic heterocycles. The molecule has 0 bridgehead atoms. The molecule has 1 rings (SSSR count). The third-order valence-corrected chi connectivity index (χ3v) is 2.95. The van der Waals surface area contributed by atoms with Gasteiger partial charge in [0.1, 0.15) is 11.6 Å². The summed E-state index contributed by atoms with van der Waals surface area (Å²) in [5.41, 5.74) is -0.513. The number of likely N-dealkylation sites (tertiary alicyclic amines) is 1. The first-order valence-electron chi connectivity index (χ1n) is 6.94. The van der Waals surface area contributed by atoms with Gasteiger partial charge in [-0.15, -0.1) is 0 Å². The molecule has 20 heavy (non-hydrogen) atoms. The summed E-state index contributed by atoms with van der Waals surface area (Å²) in [6.45, 7) is 6.74. The lowest BCUT2D eigenvalue weighted by Crippen LogP contribution is -2.45. The zero-order valence-electron chi connectivity index (χ0n) is 12.4. The maximum Gasteiger partial charge on any atom is 0.323 e. The highest BCUT2D eigenvalue weighted by atomic mass is 16.6. The average Bonchev–Trinajstić information content (AvgIpc) is 2.75. The molecular formula is C14H23N3O3. The van der Waals surface area contributed by atoms with Gasteiger partial charge in [-0.2, -0.15) is 5.26 Å². The zero-order valence-corrected chi connectivity index (χ0v) is 12.4.